The van der Waals surface area contributed by atoms with Crippen molar-refractivity contribution in [3.05, 3.63) is 35.4 Å². The molecule has 0 radical (unpaired) electrons. The Balaban J connectivity index is 2.30. The molecule has 17 heavy (non-hydrogen) atoms. The van der Waals surface area contributed by atoms with Crippen molar-refractivity contribution in [2.75, 3.05) is 12.3 Å². The molecule has 0 spiro atoms. The lowest BCUT2D eigenvalue weighted by Crippen LogP contribution is -2.22. The van der Waals surface area contributed by atoms with E-state index in [0.717, 1.165) is 5.56 Å². The fourth-order valence-electron chi connectivity index (χ4n) is 1.42. The maximum absolute atomic E-state index is 11.9. The molecular weight excluding hydrogens is 247 g/mol. The highest BCUT2D eigenvalue weighted by atomic mass is 32.2. The first-order chi connectivity index (χ1) is 7.88. The van der Waals surface area contributed by atoms with Crippen LogP contribution >= 0.6 is 11.8 Å². The molecule has 1 atom stereocenters. The van der Waals surface area contributed by atoms with E-state index in [2.05, 4.69) is 5.32 Å². The highest BCUT2D eigenvalue weighted by molar-refractivity contribution is 8.00. The van der Waals surface area contributed by atoms with Crippen molar-refractivity contribution < 1.29 is 13.2 Å². The fraction of sp³-hybridized carbons (Fsp3) is 0.500. The van der Waals surface area contributed by atoms with Gasteiger partial charge in [-0.15, -0.1) is 0 Å². The number of aryl methyl sites for hydroxylation is 1. The van der Waals surface area contributed by atoms with Crippen molar-refractivity contribution in [3.8, 4) is 0 Å². The van der Waals surface area contributed by atoms with Gasteiger partial charge in [0.1, 0.15) is 0 Å². The average Bonchev–Trinajstić information content (AvgIpc) is 2.24. The summed E-state index contributed by atoms with van der Waals surface area (Å²) in [6, 6.07) is 8.05. The largest absolute Gasteiger partial charge is 0.441 e. The summed E-state index contributed by atoms with van der Waals surface area (Å²) in [6.45, 7) is 4.30. The highest BCUT2D eigenvalue weighted by Gasteiger charge is 2.27. The van der Waals surface area contributed by atoms with E-state index in [1.54, 1.807) is 0 Å². The van der Waals surface area contributed by atoms with Crippen molar-refractivity contribution in [1.29, 1.82) is 0 Å². The second-order valence-electron chi connectivity index (χ2n) is 3.88. The molecule has 0 saturated carbocycles. The predicted molar refractivity (Wildman–Crippen MR) is 66.1 cm³/mol. The van der Waals surface area contributed by atoms with Gasteiger partial charge in [-0.05, 0) is 31.2 Å². The van der Waals surface area contributed by atoms with Gasteiger partial charge in [0.05, 0.1) is 0 Å². The van der Waals surface area contributed by atoms with E-state index in [9.17, 15) is 13.2 Å². The molecule has 0 aliphatic carbocycles. The summed E-state index contributed by atoms with van der Waals surface area (Å²) in [5.74, 6) is 0.0414. The molecule has 0 saturated heterocycles. The quantitative estimate of drug-likeness (QED) is 0.809. The minimum absolute atomic E-state index is 0.0107. The number of hydrogen-bond donors (Lipinski definition) is 1. The van der Waals surface area contributed by atoms with Crippen molar-refractivity contribution in [3.63, 3.8) is 0 Å². The fourth-order valence-corrected chi connectivity index (χ4v) is 1.87. The molecule has 1 N–H and O–H groups in total. The van der Waals surface area contributed by atoms with E-state index in [1.165, 1.54) is 5.56 Å². The summed E-state index contributed by atoms with van der Waals surface area (Å²) >= 11 is 0.0107. The van der Waals surface area contributed by atoms with E-state index in [-0.39, 0.29) is 23.6 Å². The lowest BCUT2D eigenvalue weighted by atomic mass is 10.1. The van der Waals surface area contributed by atoms with E-state index >= 15 is 0 Å². The third kappa shape index (κ3) is 5.98. The van der Waals surface area contributed by atoms with Crippen molar-refractivity contribution in [2.45, 2.75) is 25.4 Å². The Labute approximate surface area is 104 Å². The van der Waals surface area contributed by atoms with E-state index in [0.29, 0.717) is 6.54 Å². The Hall–Kier alpha value is -0.680. The van der Waals surface area contributed by atoms with Gasteiger partial charge >= 0.3 is 5.51 Å². The lowest BCUT2D eigenvalue weighted by Gasteiger charge is -2.14. The van der Waals surface area contributed by atoms with Crippen LogP contribution in [0.1, 0.15) is 24.1 Å². The molecule has 1 aromatic rings. The van der Waals surface area contributed by atoms with E-state index in [1.807, 2.05) is 38.1 Å². The number of hydrogen-bond acceptors (Lipinski definition) is 2. The van der Waals surface area contributed by atoms with Crippen LogP contribution < -0.4 is 5.32 Å². The van der Waals surface area contributed by atoms with E-state index < -0.39 is 5.51 Å². The molecule has 0 aliphatic rings. The van der Waals surface area contributed by atoms with E-state index in [4.69, 9.17) is 0 Å². The molecule has 1 nitrogen and oxygen atoms in total. The first kappa shape index (κ1) is 14.4. The molecule has 0 aliphatic heterocycles. The third-order valence-electron chi connectivity index (χ3n) is 2.40. The first-order valence-electron chi connectivity index (χ1n) is 5.39. The summed E-state index contributed by atoms with van der Waals surface area (Å²) in [6.07, 6.45) is 0. The van der Waals surface area contributed by atoms with Crippen LogP contribution in [0.2, 0.25) is 0 Å². The number of thioether (sulfide) groups is 1. The van der Waals surface area contributed by atoms with Crippen molar-refractivity contribution >= 4 is 11.8 Å². The number of halogens is 3. The summed E-state index contributed by atoms with van der Waals surface area (Å²) in [5.41, 5.74) is -1.87. The average molecular weight is 263 g/mol. The van der Waals surface area contributed by atoms with Gasteiger partial charge in [0.15, 0.2) is 0 Å². The Bertz CT molecular complexity index is 335. The van der Waals surface area contributed by atoms with Crippen LogP contribution in [-0.2, 0) is 0 Å². The van der Waals surface area contributed by atoms with Crippen molar-refractivity contribution in [2.24, 2.45) is 0 Å². The molecule has 0 amide bonds. The van der Waals surface area contributed by atoms with Crippen LogP contribution in [0.5, 0.6) is 0 Å². The Morgan fingerprint density at radius 2 is 1.82 bits per heavy atom. The predicted octanol–water partition coefficient (Wildman–Crippen LogP) is 3.90. The van der Waals surface area contributed by atoms with Crippen LogP contribution in [0.15, 0.2) is 24.3 Å². The zero-order valence-electron chi connectivity index (χ0n) is 9.84. The van der Waals surface area contributed by atoms with Crippen molar-refractivity contribution in [1.82, 2.24) is 5.32 Å². The monoisotopic (exact) mass is 263 g/mol. The maximum Gasteiger partial charge on any atom is 0.441 e. The highest BCUT2D eigenvalue weighted by Crippen LogP contribution is 2.29. The van der Waals surface area contributed by atoms with Gasteiger partial charge < -0.3 is 5.32 Å². The van der Waals surface area contributed by atoms with Gasteiger partial charge in [0.2, 0.25) is 0 Å². The lowest BCUT2D eigenvalue weighted by molar-refractivity contribution is -0.0327. The molecule has 0 heterocycles. The summed E-state index contributed by atoms with van der Waals surface area (Å²) < 4.78 is 35.6. The molecule has 96 valence electrons. The molecular formula is C12H16F3NS. The number of alkyl halides is 3. The molecule has 0 aromatic heterocycles. The number of rotatable bonds is 5. The number of benzene rings is 1. The zero-order valence-corrected chi connectivity index (χ0v) is 10.7. The Kier molecular flexibility index (Phi) is 5.33. The summed E-state index contributed by atoms with van der Waals surface area (Å²) in [7, 11) is 0. The second kappa shape index (κ2) is 6.31. The summed E-state index contributed by atoms with van der Waals surface area (Å²) in [5, 5.41) is 3.07. The first-order valence-corrected chi connectivity index (χ1v) is 6.37. The minimum Gasteiger partial charge on any atom is -0.309 e. The van der Waals surface area contributed by atoms with Gasteiger partial charge in [-0.25, -0.2) is 0 Å². The Morgan fingerprint density at radius 1 is 1.24 bits per heavy atom. The topological polar surface area (TPSA) is 12.0 Å². The molecule has 0 fully saturated rings. The minimum atomic E-state index is -4.13. The second-order valence-corrected chi connectivity index (χ2v) is 5.04. The zero-order chi connectivity index (χ0) is 12.9. The SMILES string of the molecule is Cc1ccc(C(C)NCCSC(F)(F)F)cc1. The van der Waals surface area contributed by atoms with Crippen LogP contribution in [-0.4, -0.2) is 17.8 Å². The molecule has 1 aromatic carbocycles. The molecule has 5 heteroatoms. The molecule has 1 rings (SSSR count). The normalized spacial score (nSPS) is 13.7. The number of nitrogens with one attached hydrogen (secondary N) is 1. The Morgan fingerprint density at radius 3 is 2.35 bits per heavy atom. The van der Waals surface area contributed by atoms with Gasteiger partial charge in [0.25, 0.3) is 0 Å². The van der Waals surface area contributed by atoms with Crippen LogP contribution in [0.25, 0.3) is 0 Å². The van der Waals surface area contributed by atoms with Gasteiger partial charge in [0, 0.05) is 18.3 Å². The smallest absolute Gasteiger partial charge is 0.309 e. The van der Waals surface area contributed by atoms with Crippen LogP contribution in [0.3, 0.4) is 0 Å². The molecule has 0 bridgehead atoms. The molecule has 1 unspecified atom stereocenters. The maximum atomic E-state index is 11.9. The summed E-state index contributed by atoms with van der Waals surface area (Å²) in [4.78, 5) is 0. The van der Waals surface area contributed by atoms with Gasteiger partial charge in [-0.1, -0.05) is 29.8 Å². The standard InChI is InChI=1S/C12H16F3NS/c1-9-3-5-11(6-4-9)10(2)16-7-8-17-12(13,14)15/h3-6,10,16H,7-8H2,1-2H3. The third-order valence-corrected chi connectivity index (χ3v) is 3.13. The van der Waals surface area contributed by atoms with Crippen LogP contribution in [0, 0.1) is 6.92 Å². The van der Waals surface area contributed by atoms with Gasteiger partial charge in [-0.2, -0.15) is 13.2 Å². The van der Waals surface area contributed by atoms with Gasteiger partial charge in [-0.3, -0.25) is 0 Å². The van der Waals surface area contributed by atoms with Crippen LogP contribution in [0.4, 0.5) is 13.2 Å².